The zero-order valence-electron chi connectivity index (χ0n) is 14.4. The van der Waals surface area contributed by atoms with Crippen LogP contribution in [0.15, 0.2) is 60.8 Å². The second-order valence-electron chi connectivity index (χ2n) is 6.11. The third-order valence-corrected chi connectivity index (χ3v) is 4.35. The van der Waals surface area contributed by atoms with E-state index in [1.165, 1.54) is 0 Å². The Morgan fingerprint density at radius 2 is 2.04 bits per heavy atom. The summed E-state index contributed by atoms with van der Waals surface area (Å²) >= 11 is 0. The number of para-hydroxylation sites is 2. The van der Waals surface area contributed by atoms with E-state index < -0.39 is 0 Å². The first-order valence-electron chi connectivity index (χ1n) is 8.59. The summed E-state index contributed by atoms with van der Waals surface area (Å²) in [5.41, 5.74) is 2.19. The lowest BCUT2D eigenvalue weighted by molar-refractivity contribution is 0.232. The number of amides is 2. The van der Waals surface area contributed by atoms with Crippen molar-refractivity contribution in [3.8, 4) is 17.5 Å². The van der Waals surface area contributed by atoms with Crippen LogP contribution in [-0.2, 0) is 0 Å². The first-order valence-corrected chi connectivity index (χ1v) is 8.59. The Bertz CT molecular complexity index is 1010. The van der Waals surface area contributed by atoms with Crippen molar-refractivity contribution in [1.29, 1.82) is 5.26 Å². The number of benzene rings is 2. The summed E-state index contributed by atoms with van der Waals surface area (Å²) < 4.78 is 7.31. The molecule has 27 heavy (non-hydrogen) atoms. The van der Waals surface area contributed by atoms with Crippen LogP contribution in [0.5, 0.6) is 5.75 Å². The Labute approximate surface area is 156 Å². The van der Waals surface area contributed by atoms with Gasteiger partial charge in [0, 0.05) is 24.2 Å². The Morgan fingerprint density at radius 1 is 1.19 bits per heavy atom. The molecule has 134 valence electrons. The van der Waals surface area contributed by atoms with Gasteiger partial charge in [0.15, 0.2) is 5.82 Å². The molecule has 2 N–H and O–H groups in total. The van der Waals surface area contributed by atoms with Gasteiger partial charge < -0.3 is 10.1 Å². The van der Waals surface area contributed by atoms with Crippen molar-refractivity contribution < 1.29 is 9.53 Å². The smallest absolute Gasteiger partial charge is 0.320 e. The number of carbonyl (C=O) groups is 1. The molecule has 2 heterocycles. The molecule has 2 aromatic carbocycles. The van der Waals surface area contributed by atoms with Crippen LogP contribution in [-0.4, -0.2) is 22.4 Å². The van der Waals surface area contributed by atoms with E-state index in [4.69, 9.17) is 4.74 Å². The molecule has 0 saturated heterocycles. The number of hydrogen-bond donors (Lipinski definition) is 2. The van der Waals surface area contributed by atoms with Crippen molar-refractivity contribution in [1.82, 2.24) is 15.1 Å². The Balaban J connectivity index is 1.46. The molecule has 0 fully saturated rings. The molecule has 1 aliphatic heterocycles. The van der Waals surface area contributed by atoms with E-state index in [1.54, 1.807) is 29.1 Å². The van der Waals surface area contributed by atoms with Gasteiger partial charge in [-0.05, 0) is 18.2 Å². The highest BCUT2D eigenvalue weighted by Gasteiger charge is 2.25. The van der Waals surface area contributed by atoms with E-state index in [0.717, 1.165) is 11.3 Å². The number of fused-ring (bicyclic) bond motifs is 1. The predicted octanol–water partition coefficient (Wildman–Crippen LogP) is 3.39. The number of urea groups is 1. The molecule has 1 aromatic heterocycles. The second kappa shape index (κ2) is 7.22. The lowest BCUT2D eigenvalue weighted by Gasteiger charge is -2.27. The molecule has 1 aliphatic rings. The Morgan fingerprint density at radius 3 is 2.85 bits per heavy atom. The van der Waals surface area contributed by atoms with E-state index in [-0.39, 0.29) is 12.1 Å². The minimum atomic E-state index is -0.353. The number of nitriles is 1. The van der Waals surface area contributed by atoms with Gasteiger partial charge in [-0.15, -0.1) is 5.10 Å². The molecule has 3 aromatic rings. The lowest BCUT2D eigenvalue weighted by atomic mass is 9.98. The Hall–Kier alpha value is -3.79. The monoisotopic (exact) mass is 359 g/mol. The van der Waals surface area contributed by atoms with E-state index in [2.05, 4.69) is 21.8 Å². The van der Waals surface area contributed by atoms with Gasteiger partial charge in [0.1, 0.15) is 11.8 Å². The van der Waals surface area contributed by atoms with Gasteiger partial charge in [-0.2, -0.15) is 5.26 Å². The van der Waals surface area contributed by atoms with Crippen molar-refractivity contribution in [2.75, 3.05) is 11.9 Å². The topological polar surface area (TPSA) is 92.0 Å². The number of carbonyl (C=O) groups excluding carboxylic acids is 1. The van der Waals surface area contributed by atoms with Crippen molar-refractivity contribution in [2.45, 2.75) is 12.5 Å². The summed E-state index contributed by atoms with van der Waals surface area (Å²) in [6.07, 6.45) is 2.42. The van der Waals surface area contributed by atoms with E-state index in [9.17, 15) is 10.1 Å². The van der Waals surface area contributed by atoms with E-state index >= 15 is 0 Å². The highest BCUT2D eigenvalue weighted by Crippen LogP contribution is 2.34. The molecule has 7 heteroatoms. The minimum Gasteiger partial charge on any atom is -0.492 e. The number of ether oxygens (including phenoxy) is 1. The van der Waals surface area contributed by atoms with Gasteiger partial charge in [-0.25, -0.2) is 9.48 Å². The van der Waals surface area contributed by atoms with Gasteiger partial charge in [0.2, 0.25) is 0 Å². The fourth-order valence-corrected chi connectivity index (χ4v) is 3.09. The SMILES string of the molecule is N#Cc1cccc2c1OCCC2NC(=O)Nc1ccn(-c2ccccc2)n1. The summed E-state index contributed by atoms with van der Waals surface area (Å²) in [5, 5.41) is 19.3. The van der Waals surface area contributed by atoms with Crippen LogP contribution in [0, 0.1) is 11.3 Å². The molecule has 7 nitrogen and oxygen atoms in total. The summed E-state index contributed by atoms with van der Waals surface area (Å²) in [6, 6.07) is 18.3. The normalized spacial score (nSPS) is 15.1. The first kappa shape index (κ1) is 16.7. The standard InChI is InChI=1S/C20H17N5O2/c21-13-14-5-4-8-16-17(10-12-27-19(14)16)22-20(26)23-18-9-11-25(24-18)15-6-2-1-3-7-15/h1-9,11,17H,10,12H2,(H2,22,23,24,26). The fourth-order valence-electron chi connectivity index (χ4n) is 3.09. The third-order valence-electron chi connectivity index (χ3n) is 4.35. The van der Waals surface area contributed by atoms with E-state index in [1.807, 2.05) is 36.4 Å². The van der Waals surface area contributed by atoms with Crippen LogP contribution >= 0.6 is 0 Å². The molecule has 0 radical (unpaired) electrons. The summed E-state index contributed by atoms with van der Waals surface area (Å²) in [4.78, 5) is 12.4. The van der Waals surface area contributed by atoms with Gasteiger partial charge in [0.05, 0.1) is 23.9 Å². The molecule has 1 atom stereocenters. The van der Waals surface area contributed by atoms with Gasteiger partial charge in [0.25, 0.3) is 0 Å². The quantitative estimate of drug-likeness (QED) is 0.750. The minimum absolute atomic E-state index is 0.224. The largest absolute Gasteiger partial charge is 0.492 e. The lowest BCUT2D eigenvalue weighted by Crippen LogP contribution is -2.35. The van der Waals surface area contributed by atoms with Crippen LogP contribution in [0.3, 0.4) is 0 Å². The number of hydrogen-bond acceptors (Lipinski definition) is 4. The molecule has 0 saturated carbocycles. The number of nitrogens with zero attached hydrogens (tertiary/aromatic N) is 3. The fraction of sp³-hybridized carbons (Fsp3) is 0.150. The average Bonchev–Trinajstić information content (AvgIpc) is 3.17. The van der Waals surface area contributed by atoms with Crippen molar-refractivity contribution in [2.24, 2.45) is 0 Å². The Kier molecular flexibility index (Phi) is 4.45. The van der Waals surface area contributed by atoms with Crippen LogP contribution in [0.1, 0.15) is 23.6 Å². The molecule has 2 amide bonds. The third kappa shape index (κ3) is 3.46. The highest BCUT2D eigenvalue weighted by molar-refractivity contribution is 5.88. The van der Waals surface area contributed by atoms with Gasteiger partial charge >= 0.3 is 6.03 Å². The van der Waals surface area contributed by atoms with Crippen molar-refractivity contribution in [3.63, 3.8) is 0 Å². The molecule has 1 unspecified atom stereocenters. The van der Waals surface area contributed by atoms with Crippen molar-refractivity contribution >= 4 is 11.8 Å². The maximum Gasteiger partial charge on any atom is 0.320 e. The number of anilines is 1. The highest BCUT2D eigenvalue weighted by atomic mass is 16.5. The molecule has 4 rings (SSSR count). The van der Waals surface area contributed by atoms with Crippen LogP contribution in [0.25, 0.3) is 5.69 Å². The number of rotatable bonds is 3. The number of aromatic nitrogens is 2. The van der Waals surface area contributed by atoms with Gasteiger partial charge in [-0.3, -0.25) is 5.32 Å². The predicted molar refractivity (Wildman–Crippen MR) is 99.7 cm³/mol. The van der Waals surface area contributed by atoms with Crippen molar-refractivity contribution in [3.05, 3.63) is 71.9 Å². The van der Waals surface area contributed by atoms with E-state index in [0.29, 0.717) is 30.2 Å². The van der Waals surface area contributed by atoms with Crippen LogP contribution in [0.4, 0.5) is 10.6 Å². The molecule has 0 bridgehead atoms. The zero-order valence-corrected chi connectivity index (χ0v) is 14.4. The second-order valence-corrected chi connectivity index (χ2v) is 6.11. The molecular formula is C20H17N5O2. The number of nitrogens with one attached hydrogen (secondary N) is 2. The zero-order chi connectivity index (χ0) is 18.6. The van der Waals surface area contributed by atoms with Crippen LogP contribution in [0.2, 0.25) is 0 Å². The van der Waals surface area contributed by atoms with Crippen LogP contribution < -0.4 is 15.4 Å². The maximum atomic E-state index is 12.4. The molecule has 0 aliphatic carbocycles. The molecule has 0 spiro atoms. The summed E-state index contributed by atoms with van der Waals surface area (Å²) in [7, 11) is 0. The first-order chi connectivity index (χ1) is 13.2. The average molecular weight is 359 g/mol. The summed E-state index contributed by atoms with van der Waals surface area (Å²) in [5.74, 6) is 0.999. The summed E-state index contributed by atoms with van der Waals surface area (Å²) in [6.45, 7) is 0.444. The molecular weight excluding hydrogens is 342 g/mol. The van der Waals surface area contributed by atoms with Gasteiger partial charge in [-0.1, -0.05) is 30.3 Å². The maximum absolute atomic E-state index is 12.4.